The molecule has 1 fully saturated rings. The quantitative estimate of drug-likeness (QED) is 0.839. The third kappa shape index (κ3) is 3.27. The average molecular weight is 411 g/mol. The molecule has 1 aliphatic heterocycles. The number of carbonyl (C=O) groups excluding carboxylic acids is 1. The number of anilines is 1. The zero-order valence-corrected chi connectivity index (χ0v) is 15.2. The van der Waals surface area contributed by atoms with Gasteiger partial charge in [0.2, 0.25) is 0 Å². The summed E-state index contributed by atoms with van der Waals surface area (Å²) in [7, 11) is 1.63. The lowest BCUT2D eigenvalue weighted by molar-refractivity contribution is -0.122. The fraction of sp³-hybridized carbons (Fsp3) is 0.333. The van der Waals surface area contributed by atoms with Gasteiger partial charge in [-0.1, -0.05) is 0 Å². The smallest absolute Gasteiger partial charge is 0.407 e. The van der Waals surface area contributed by atoms with E-state index in [-0.39, 0.29) is 5.91 Å². The minimum absolute atomic E-state index is 0.247. The first-order chi connectivity index (χ1) is 11.5. The van der Waals surface area contributed by atoms with Crippen molar-refractivity contribution >= 4 is 44.4 Å². The molecule has 1 aliphatic rings. The second-order valence-electron chi connectivity index (χ2n) is 5.44. The highest BCUT2D eigenvalue weighted by atomic mass is 79.9. The van der Waals surface area contributed by atoms with E-state index in [0.29, 0.717) is 24.5 Å². The molecule has 1 saturated heterocycles. The van der Waals surface area contributed by atoms with Crippen LogP contribution in [0, 0.1) is 0 Å². The normalized spacial score (nSPS) is 17.1. The molecule has 3 rings (SSSR count). The van der Waals surface area contributed by atoms with Crippen LogP contribution in [0.1, 0.15) is 12.8 Å². The van der Waals surface area contributed by atoms with Crippen molar-refractivity contribution in [2.24, 2.45) is 0 Å². The van der Waals surface area contributed by atoms with Crippen molar-refractivity contribution in [1.82, 2.24) is 14.9 Å². The van der Waals surface area contributed by atoms with E-state index in [1.165, 1.54) is 21.1 Å². The van der Waals surface area contributed by atoms with Gasteiger partial charge in [0.25, 0.3) is 5.91 Å². The first-order valence-electron chi connectivity index (χ1n) is 7.31. The third-order valence-electron chi connectivity index (χ3n) is 3.89. The molecule has 9 heteroatoms. The number of hydrogen-bond acceptors (Lipinski definition) is 5. The molecule has 24 heavy (non-hydrogen) atoms. The van der Waals surface area contributed by atoms with E-state index in [1.807, 2.05) is 11.4 Å². The van der Waals surface area contributed by atoms with E-state index in [1.54, 1.807) is 19.4 Å². The molecule has 1 atom stereocenters. The monoisotopic (exact) mass is 410 g/mol. The van der Waals surface area contributed by atoms with Crippen molar-refractivity contribution in [3.63, 3.8) is 0 Å². The van der Waals surface area contributed by atoms with E-state index in [2.05, 4.69) is 25.9 Å². The van der Waals surface area contributed by atoms with Crippen molar-refractivity contribution in [2.45, 2.75) is 18.9 Å². The molecule has 2 amide bonds. The van der Waals surface area contributed by atoms with Gasteiger partial charge in [-0.3, -0.25) is 19.6 Å². The van der Waals surface area contributed by atoms with Gasteiger partial charge in [-0.2, -0.15) is 0 Å². The minimum Gasteiger partial charge on any atom is -0.465 e. The summed E-state index contributed by atoms with van der Waals surface area (Å²) in [6, 6.07) is 1.27. The first-order valence-corrected chi connectivity index (χ1v) is 8.98. The number of rotatable bonds is 3. The van der Waals surface area contributed by atoms with Gasteiger partial charge in [-0.15, -0.1) is 11.3 Å². The van der Waals surface area contributed by atoms with Crippen LogP contribution in [0.25, 0.3) is 11.3 Å². The molecule has 0 radical (unpaired) electrons. The second kappa shape index (κ2) is 6.86. The third-order valence-corrected chi connectivity index (χ3v) is 5.24. The molecule has 2 aromatic rings. The largest absolute Gasteiger partial charge is 0.465 e. The summed E-state index contributed by atoms with van der Waals surface area (Å²) in [6.07, 6.45) is 3.58. The lowest BCUT2D eigenvalue weighted by Crippen LogP contribution is -2.46. The van der Waals surface area contributed by atoms with Gasteiger partial charge in [0.1, 0.15) is 6.04 Å². The Morgan fingerprint density at radius 3 is 2.96 bits per heavy atom. The summed E-state index contributed by atoms with van der Waals surface area (Å²) < 4.78 is 0.849. The second-order valence-corrected chi connectivity index (χ2v) is 7.19. The molecule has 0 saturated carbocycles. The van der Waals surface area contributed by atoms with Gasteiger partial charge in [-0.25, -0.2) is 9.78 Å². The van der Waals surface area contributed by atoms with Gasteiger partial charge in [0.05, 0.1) is 5.69 Å². The number of aromatic nitrogens is 2. The molecular weight excluding hydrogens is 396 g/mol. The van der Waals surface area contributed by atoms with Crippen LogP contribution in [0.5, 0.6) is 0 Å². The Morgan fingerprint density at radius 1 is 1.46 bits per heavy atom. The number of carbonyl (C=O) groups is 2. The highest BCUT2D eigenvalue weighted by Gasteiger charge is 2.36. The predicted octanol–water partition coefficient (Wildman–Crippen LogP) is 3.07. The molecule has 7 nitrogen and oxygen atoms in total. The SMILES string of the molecule is CN(C(=O)[C@@H]1CCCN1C(=O)O)c1nc(-c2cncc(Br)c2)cs1. The molecule has 0 unspecified atom stereocenters. The lowest BCUT2D eigenvalue weighted by atomic mass is 10.2. The summed E-state index contributed by atoms with van der Waals surface area (Å²) in [5.74, 6) is -0.247. The number of amides is 2. The Kier molecular flexibility index (Phi) is 4.81. The first kappa shape index (κ1) is 16.8. The fourth-order valence-electron chi connectivity index (χ4n) is 2.67. The topological polar surface area (TPSA) is 86.6 Å². The Labute approximate surface area is 151 Å². The molecular formula is C15H15BrN4O3S. The van der Waals surface area contributed by atoms with Crippen LogP contribution in [0.4, 0.5) is 9.93 Å². The minimum atomic E-state index is -1.06. The molecule has 2 aromatic heterocycles. The molecule has 0 spiro atoms. The highest BCUT2D eigenvalue weighted by molar-refractivity contribution is 9.10. The van der Waals surface area contributed by atoms with E-state index >= 15 is 0 Å². The average Bonchev–Trinajstić information content (AvgIpc) is 3.22. The lowest BCUT2D eigenvalue weighted by Gasteiger charge is -2.24. The molecule has 0 aromatic carbocycles. The standard InChI is InChI=1S/C15H15BrN4O3S/c1-19(13(21)12-3-2-4-20(12)15(22)23)14-18-11(8-24-14)9-5-10(16)7-17-6-9/h5-8,12H,2-4H2,1H3,(H,22,23)/t12-/m0/s1. The van der Waals surface area contributed by atoms with Crippen LogP contribution in [0.2, 0.25) is 0 Å². The van der Waals surface area contributed by atoms with Gasteiger partial charge in [0.15, 0.2) is 5.13 Å². The van der Waals surface area contributed by atoms with Crippen LogP contribution in [0.15, 0.2) is 28.3 Å². The van der Waals surface area contributed by atoms with E-state index in [0.717, 1.165) is 15.7 Å². The van der Waals surface area contributed by atoms with Gasteiger partial charge in [0, 0.05) is 41.4 Å². The van der Waals surface area contributed by atoms with Crippen LogP contribution in [-0.4, -0.2) is 51.6 Å². The van der Waals surface area contributed by atoms with E-state index < -0.39 is 12.1 Å². The predicted molar refractivity (Wildman–Crippen MR) is 94.2 cm³/mol. The molecule has 0 aliphatic carbocycles. The van der Waals surface area contributed by atoms with Crippen LogP contribution in [-0.2, 0) is 4.79 Å². The van der Waals surface area contributed by atoms with Crippen LogP contribution >= 0.6 is 27.3 Å². The zero-order chi connectivity index (χ0) is 17.3. The van der Waals surface area contributed by atoms with Gasteiger partial charge < -0.3 is 5.11 Å². The Morgan fingerprint density at radius 2 is 2.25 bits per heavy atom. The summed E-state index contributed by atoms with van der Waals surface area (Å²) in [4.78, 5) is 35.1. The van der Waals surface area contributed by atoms with Gasteiger partial charge >= 0.3 is 6.09 Å². The molecule has 126 valence electrons. The van der Waals surface area contributed by atoms with E-state index in [9.17, 15) is 14.7 Å². The number of halogens is 1. The Hall–Kier alpha value is -2.00. The van der Waals surface area contributed by atoms with Gasteiger partial charge in [-0.05, 0) is 34.8 Å². The molecule has 1 N–H and O–H groups in total. The van der Waals surface area contributed by atoms with Crippen molar-refractivity contribution in [3.8, 4) is 11.3 Å². The summed E-state index contributed by atoms with van der Waals surface area (Å²) in [5, 5.41) is 11.6. The number of pyridine rings is 1. The zero-order valence-electron chi connectivity index (χ0n) is 12.8. The van der Waals surface area contributed by atoms with Crippen LogP contribution in [0.3, 0.4) is 0 Å². The number of carboxylic acid groups (broad SMARTS) is 1. The number of likely N-dealkylation sites (tertiary alicyclic amines) is 1. The Balaban J connectivity index is 1.79. The van der Waals surface area contributed by atoms with Crippen molar-refractivity contribution in [3.05, 3.63) is 28.3 Å². The summed E-state index contributed by atoms with van der Waals surface area (Å²) in [6.45, 7) is 0.395. The summed E-state index contributed by atoms with van der Waals surface area (Å²) in [5.41, 5.74) is 1.57. The van der Waals surface area contributed by atoms with Crippen LogP contribution < -0.4 is 4.90 Å². The van der Waals surface area contributed by atoms with Crippen molar-refractivity contribution in [2.75, 3.05) is 18.5 Å². The maximum Gasteiger partial charge on any atom is 0.407 e. The van der Waals surface area contributed by atoms with E-state index in [4.69, 9.17) is 0 Å². The number of thiazole rings is 1. The molecule has 3 heterocycles. The number of likely N-dealkylation sites (N-methyl/N-ethyl adjacent to an activating group) is 1. The number of nitrogens with zero attached hydrogens (tertiary/aromatic N) is 4. The highest BCUT2D eigenvalue weighted by Crippen LogP contribution is 2.29. The Bertz CT molecular complexity index is 782. The fourth-order valence-corrected chi connectivity index (χ4v) is 3.84. The number of hydrogen-bond donors (Lipinski definition) is 1. The molecule has 0 bridgehead atoms. The van der Waals surface area contributed by atoms with Crippen molar-refractivity contribution < 1.29 is 14.7 Å². The van der Waals surface area contributed by atoms with Crippen molar-refractivity contribution in [1.29, 1.82) is 0 Å². The maximum atomic E-state index is 12.6. The summed E-state index contributed by atoms with van der Waals surface area (Å²) >= 11 is 4.71. The maximum absolute atomic E-state index is 12.6.